The third-order valence-corrected chi connectivity index (χ3v) is 3.89. The molecule has 1 N–H and O–H groups in total. The molecule has 0 fully saturated rings. The van der Waals surface area contributed by atoms with E-state index in [0.717, 1.165) is 12.0 Å². The molecule has 25 heavy (non-hydrogen) atoms. The standard InChI is InChI=1S/C22H21NO2/c24-22(23-17-19-10-5-2-6-11-19)20-12-7-13-21(16-20)25-15-14-18-8-3-1-4-9-18/h1-13,16H,14-15,17H2,(H,23,24). The molecule has 0 aliphatic rings. The van der Waals surface area contributed by atoms with Crippen molar-refractivity contribution in [2.45, 2.75) is 13.0 Å². The second-order valence-electron chi connectivity index (χ2n) is 5.78. The molecule has 126 valence electrons. The van der Waals surface area contributed by atoms with Gasteiger partial charge in [-0.2, -0.15) is 0 Å². The van der Waals surface area contributed by atoms with Crippen LogP contribution in [-0.4, -0.2) is 12.5 Å². The Morgan fingerprint density at radius 3 is 2.20 bits per heavy atom. The number of benzene rings is 3. The molecule has 0 spiro atoms. The summed E-state index contributed by atoms with van der Waals surface area (Å²) in [7, 11) is 0. The third kappa shape index (κ3) is 5.21. The summed E-state index contributed by atoms with van der Waals surface area (Å²) < 4.78 is 5.78. The van der Waals surface area contributed by atoms with E-state index in [2.05, 4.69) is 17.4 Å². The van der Waals surface area contributed by atoms with E-state index in [1.807, 2.05) is 60.7 Å². The van der Waals surface area contributed by atoms with Crippen LogP contribution in [0.3, 0.4) is 0 Å². The first-order valence-electron chi connectivity index (χ1n) is 8.40. The highest BCUT2D eigenvalue weighted by atomic mass is 16.5. The van der Waals surface area contributed by atoms with E-state index in [4.69, 9.17) is 4.74 Å². The van der Waals surface area contributed by atoms with Crippen molar-refractivity contribution in [1.29, 1.82) is 0 Å². The minimum atomic E-state index is -0.0997. The summed E-state index contributed by atoms with van der Waals surface area (Å²) in [6.45, 7) is 1.10. The Bertz CT molecular complexity index is 801. The number of amides is 1. The Kier molecular flexibility index (Phi) is 5.83. The zero-order valence-corrected chi connectivity index (χ0v) is 14.0. The fourth-order valence-electron chi connectivity index (χ4n) is 2.54. The summed E-state index contributed by atoms with van der Waals surface area (Å²) in [5.41, 5.74) is 2.92. The molecular formula is C22H21NO2. The summed E-state index contributed by atoms with van der Waals surface area (Å²) in [5, 5.41) is 2.93. The zero-order valence-electron chi connectivity index (χ0n) is 14.0. The summed E-state index contributed by atoms with van der Waals surface area (Å²) in [6.07, 6.45) is 0.839. The Hall–Kier alpha value is -3.07. The molecule has 3 aromatic carbocycles. The molecule has 0 atom stereocenters. The van der Waals surface area contributed by atoms with Crippen LogP contribution < -0.4 is 10.1 Å². The molecule has 0 aliphatic heterocycles. The van der Waals surface area contributed by atoms with Gasteiger partial charge in [0.15, 0.2) is 0 Å². The van der Waals surface area contributed by atoms with Gasteiger partial charge in [0.25, 0.3) is 5.91 Å². The number of hydrogen-bond donors (Lipinski definition) is 1. The highest BCUT2D eigenvalue weighted by Gasteiger charge is 2.06. The average Bonchev–Trinajstić information content (AvgIpc) is 2.68. The van der Waals surface area contributed by atoms with Crippen LogP contribution >= 0.6 is 0 Å². The smallest absolute Gasteiger partial charge is 0.251 e. The highest BCUT2D eigenvalue weighted by molar-refractivity contribution is 5.94. The average molecular weight is 331 g/mol. The van der Waals surface area contributed by atoms with Crippen molar-refractivity contribution in [2.24, 2.45) is 0 Å². The van der Waals surface area contributed by atoms with Gasteiger partial charge in [0.05, 0.1) is 6.61 Å². The molecule has 0 saturated carbocycles. The quantitative estimate of drug-likeness (QED) is 0.703. The lowest BCUT2D eigenvalue weighted by Gasteiger charge is -2.09. The van der Waals surface area contributed by atoms with E-state index in [1.165, 1.54) is 5.56 Å². The molecule has 0 aromatic heterocycles. The van der Waals surface area contributed by atoms with Crippen LogP contribution in [0, 0.1) is 0 Å². The van der Waals surface area contributed by atoms with Crippen LogP contribution in [0.25, 0.3) is 0 Å². The van der Waals surface area contributed by atoms with Crippen LogP contribution in [0.5, 0.6) is 5.75 Å². The maximum atomic E-state index is 12.3. The van der Waals surface area contributed by atoms with Gasteiger partial charge in [-0.05, 0) is 29.3 Å². The van der Waals surface area contributed by atoms with Gasteiger partial charge in [-0.25, -0.2) is 0 Å². The minimum absolute atomic E-state index is 0.0997. The molecule has 1 amide bonds. The molecule has 0 radical (unpaired) electrons. The van der Waals surface area contributed by atoms with Crippen LogP contribution in [0.4, 0.5) is 0 Å². The van der Waals surface area contributed by atoms with Gasteiger partial charge >= 0.3 is 0 Å². The molecule has 0 bridgehead atoms. The van der Waals surface area contributed by atoms with Gasteiger partial charge in [0.1, 0.15) is 5.75 Å². The second-order valence-corrected chi connectivity index (χ2v) is 5.78. The Morgan fingerprint density at radius 2 is 1.48 bits per heavy atom. The maximum absolute atomic E-state index is 12.3. The number of carbonyl (C=O) groups excluding carboxylic acids is 1. The van der Waals surface area contributed by atoms with Crippen molar-refractivity contribution in [3.05, 3.63) is 102 Å². The molecule has 3 heteroatoms. The fourth-order valence-corrected chi connectivity index (χ4v) is 2.54. The third-order valence-electron chi connectivity index (χ3n) is 3.89. The topological polar surface area (TPSA) is 38.3 Å². The highest BCUT2D eigenvalue weighted by Crippen LogP contribution is 2.14. The van der Waals surface area contributed by atoms with Gasteiger partial charge in [0.2, 0.25) is 0 Å². The van der Waals surface area contributed by atoms with E-state index < -0.39 is 0 Å². The van der Waals surface area contributed by atoms with Crippen LogP contribution in [0.1, 0.15) is 21.5 Å². The number of ether oxygens (including phenoxy) is 1. The van der Waals surface area contributed by atoms with Crippen molar-refractivity contribution in [3.8, 4) is 5.75 Å². The van der Waals surface area contributed by atoms with Crippen molar-refractivity contribution in [1.82, 2.24) is 5.32 Å². The van der Waals surface area contributed by atoms with Gasteiger partial charge in [-0.15, -0.1) is 0 Å². The van der Waals surface area contributed by atoms with Crippen molar-refractivity contribution in [3.63, 3.8) is 0 Å². The monoisotopic (exact) mass is 331 g/mol. The van der Waals surface area contributed by atoms with E-state index in [0.29, 0.717) is 24.5 Å². The first-order chi connectivity index (χ1) is 12.3. The molecule has 0 aliphatic carbocycles. The normalized spacial score (nSPS) is 10.2. The van der Waals surface area contributed by atoms with E-state index in [9.17, 15) is 4.79 Å². The van der Waals surface area contributed by atoms with Crippen molar-refractivity contribution < 1.29 is 9.53 Å². The number of carbonyl (C=O) groups is 1. The Morgan fingerprint density at radius 1 is 0.800 bits per heavy atom. The van der Waals surface area contributed by atoms with Gasteiger partial charge < -0.3 is 10.1 Å². The number of hydrogen-bond acceptors (Lipinski definition) is 2. The van der Waals surface area contributed by atoms with Crippen molar-refractivity contribution >= 4 is 5.91 Å². The van der Waals surface area contributed by atoms with Crippen LogP contribution in [0.2, 0.25) is 0 Å². The molecule has 0 heterocycles. The lowest BCUT2D eigenvalue weighted by atomic mass is 10.1. The minimum Gasteiger partial charge on any atom is -0.493 e. The van der Waals surface area contributed by atoms with Crippen LogP contribution in [0.15, 0.2) is 84.9 Å². The van der Waals surface area contributed by atoms with Crippen LogP contribution in [-0.2, 0) is 13.0 Å². The number of rotatable bonds is 7. The summed E-state index contributed by atoms with van der Waals surface area (Å²) in [5.74, 6) is 0.612. The molecular weight excluding hydrogens is 310 g/mol. The molecule has 3 aromatic rings. The first kappa shape index (κ1) is 16.8. The fraction of sp³-hybridized carbons (Fsp3) is 0.136. The maximum Gasteiger partial charge on any atom is 0.251 e. The Labute approximate surface area is 148 Å². The van der Waals surface area contributed by atoms with Crippen molar-refractivity contribution in [2.75, 3.05) is 6.61 Å². The summed E-state index contributed by atoms with van der Waals surface area (Å²) in [4.78, 5) is 12.3. The first-order valence-corrected chi connectivity index (χ1v) is 8.40. The number of nitrogens with one attached hydrogen (secondary N) is 1. The molecule has 3 nitrogen and oxygen atoms in total. The van der Waals surface area contributed by atoms with E-state index in [1.54, 1.807) is 12.1 Å². The van der Waals surface area contributed by atoms with Gasteiger partial charge in [-0.1, -0.05) is 66.7 Å². The summed E-state index contributed by atoms with van der Waals surface area (Å²) in [6, 6.07) is 27.4. The zero-order chi connectivity index (χ0) is 17.3. The molecule has 3 rings (SSSR count). The second kappa shape index (κ2) is 8.69. The lowest BCUT2D eigenvalue weighted by molar-refractivity contribution is 0.0950. The lowest BCUT2D eigenvalue weighted by Crippen LogP contribution is -2.22. The SMILES string of the molecule is O=C(NCc1ccccc1)c1cccc(OCCc2ccccc2)c1. The Balaban J connectivity index is 1.52. The molecule has 0 unspecified atom stereocenters. The predicted molar refractivity (Wildman–Crippen MR) is 99.7 cm³/mol. The largest absolute Gasteiger partial charge is 0.493 e. The van der Waals surface area contributed by atoms with Gasteiger partial charge in [0, 0.05) is 18.5 Å². The molecule has 0 saturated heterocycles. The van der Waals surface area contributed by atoms with Gasteiger partial charge in [-0.3, -0.25) is 4.79 Å². The predicted octanol–water partition coefficient (Wildman–Crippen LogP) is 4.24. The summed E-state index contributed by atoms with van der Waals surface area (Å²) >= 11 is 0. The van der Waals surface area contributed by atoms with E-state index >= 15 is 0 Å². The van der Waals surface area contributed by atoms with E-state index in [-0.39, 0.29) is 5.91 Å².